The van der Waals surface area contributed by atoms with Crippen molar-refractivity contribution >= 4 is 35.8 Å². The summed E-state index contributed by atoms with van der Waals surface area (Å²) < 4.78 is 5.06. The fourth-order valence-corrected chi connectivity index (χ4v) is 2.70. The fourth-order valence-electron chi connectivity index (χ4n) is 2.70. The van der Waals surface area contributed by atoms with Gasteiger partial charge in [-0.2, -0.15) is 0 Å². The molecule has 0 spiro atoms. The highest BCUT2D eigenvalue weighted by atomic mass is 16.5. The Labute approximate surface area is 207 Å². The van der Waals surface area contributed by atoms with Crippen molar-refractivity contribution in [2.24, 2.45) is 5.73 Å². The van der Waals surface area contributed by atoms with Gasteiger partial charge >= 0.3 is 6.09 Å². The lowest BCUT2D eigenvalue weighted by atomic mass is 10.2. The zero-order valence-corrected chi connectivity index (χ0v) is 19.8. The van der Waals surface area contributed by atoms with E-state index in [-0.39, 0.29) is 6.61 Å². The molecular weight excluding hydrogens is 468 g/mol. The van der Waals surface area contributed by atoms with Crippen LogP contribution in [0.4, 0.5) is 4.79 Å². The molecule has 2 aromatic rings. The number of nitrogens with zero attached hydrogens (tertiary/aromatic N) is 2. The van der Waals surface area contributed by atoms with E-state index in [2.05, 4.69) is 21.0 Å². The maximum atomic E-state index is 12.5. The quantitative estimate of drug-likeness (QED) is 0.270. The van der Waals surface area contributed by atoms with Crippen molar-refractivity contribution in [2.45, 2.75) is 32.5 Å². The Morgan fingerprint density at radius 1 is 1.00 bits per heavy atom. The van der Waals surface area contributed by atoms with Gasteiger partial charge in [0, 0.05) is 18.5 Å². The summed E-state index contributed by atoms with van der Waals surface area (Å²) in [5, 5.41) is 5.50. The van der Waals surface area contributed by atoms with Crippen molar-refractivity contribution in [1.29, 1.82) is 0 Å². The summed E-state index contributed by atoms with van der Waals surface area (Å²) in [7, 11) is 0. The van der Waals surface area contributed by atoms with E-state index >= 15 is 0 Å². The molecule has 0 saturated carbocycles. The lowest BCUT2D eigenvalue weighted by molar-refractivity contribution is -0.142. The topological polar surface area (TPSA) is 173 Å². The van der Waals surface area contributed by atoms with Crippen LogP contribution in [0.1, 0.15) is 25.0 Å². The number of rotatable bonds is 10. The molecule has 1 aromatic carbocycles. The molecule has 2 atom stereocenters. The van der Waals surface area contributed by atoms with Crippen LogP contribution < -0.4 is 21.8 Å². The van der Waals surface area contributed by atoms with Crippen LogP contribution in [0.15, 0.2) is 60.9 Å². The molecule has 2 unspecified atom stereocenters. The van der Waals surface area contributed by atoms with Crippen LogP contribution in [0, 0.1) is 0 Å². The van der Waals surface area contributed by atoms with Gasteiger partial charge in [0.15, 0.2) is 0 Å². The predicted octanol–water partition coefficient (Wildman–Crippen LogP) is 0.260. The zero-order valence-electron chi connectivity index (χ0n) is 19.8. The molecule has 0 bridgehead atoms. The Bertz CT molecular complexity index is 1090. The summed E-state index contributed by atoms with van der Waals surface area (Å²) in [6, 6.07) is 10.2. The number of pyridine rings is 1. The van der Waals surface area contributed by atoms with Crippen LogP contribution in [-0.4, -0.2) is 58.3 Å². The minimum absolute atomic E-state index is 0.0266. The van der Waals surface area contributed by atoms with Gasteiger partial charge in [0.05, 0.1) is 0 Å². The van der Waals surface area contributed by atoms with Crippen LogP contribution in [0.2, 0.25) is 0 Å². The zero-order chi connectivity index (χ0) is 26.5. The van der Waals surface area contributed by atoms with E-state index in [1.165, 1.54) is 26.1 Å². The number of aromatic nitrogens is 1. The van der Waals surface area contributed by atoms with Crippen LogP contribution in [0.5, 0.6) is 0 Å². The van der Waals surface area contributed by atoms with Gasteiger partial charge in [-0.1, -0.05) is 36.4 Å². The van der Waals surface area contributed by atoms with Crippen molar-refractivity contribution in [3.63, 3.8) is 0 Å². The Hall–Kier alpha value is -4.74. The number of alkyl carbamates (subject to hydrolysis) is 1. The van der Waals surface area contributed by atoms with Gasteiger partial charge < -0.3 is 21.1 Å². The SMILES string of the molecule is CC(NC(=O)OCc1ccccc1)C(=O)NC(C)C(=O)NN(CC(N)=O)C(=O)/C=C/c1cccnc1. The van der Waals surface area contributed by atoms with E-state index in [9.17, 15) is 24.0 Å². The molecule has 2 rings (SSSR count). The van der Waals surface area contributed by atoms with Crippen molar-refractivity contribution < 1.29 is 28.7 Å². The lowest BCUT2D eigenvalue weighted by Gasteiger charge is -2.24. The van der Waals surface area contributed by atoms with Crippen molar-refractivity contribution in [3.8, 4) is 0 Å². The smallest absolute Gasteiger partial charge is 0.408 e. The molecule has 1 heterocycles. The Kier molecular flexibility index (Phi) is 10.6. The number of ether oxygens (including phenoxy) is 1. The van der Waals surface area contributed by atoms with Gasteiger partial charge in [-0.3, -0.25) is 29.6 Å². The number of carbonyl (C=O) groups is 5. The normalized spacial score (nSPS) is 12.2. The molecule has 0 aliphatic heterocycles. The highest BCUT2D eigenvalue weighted by Crippen LogP contribution is 2.02. The Balaban J connectivity index is 1.87. The van der Waals surface area contributed by atoms with E-state index < -0.39 is 48.4 Å². The van der Waals surface area contributed by atoms with Gasteiger partial charge in [-0.05, 0) is 37.1 Å². The second kappa shape index (κ2) is 13.8. The number of hydrogen-bond acceptors (Lipinski definition) is 7. The van der Waals surface area contributed by atoms with Gasteiger partial charge in [0.1, 0.15) is 25.2 Å². The molecule has 0 aliphatic carbocycles. The summed E-state index contributed by atoms with van der Waals surface area (Å²) >= 11 is 0. The first-order valence-electron chi connectivity index (χ1n) is 10.9. The van der Waals surface area contributed by atoms with E-state index in [0.29, 0.717) is 5.56 Å². The highest BCUT2D eigenvalue weighted by molar-refractivity contribution is 5.96. The molecule has 36 heavy (non-hydrogen) atoms. The Morgan fingerprint density at radius 3 is 2.33 bits per heavy atom. The lowest BCUT2D eigenvalue weighted by Crippen LogP contribution is -2.56. The maximum Gasteiger partial charge on any atom is 0.408 e. The summed E-state index contributed by atoms with van der Waals surface area (Å²) in [5.41, 5.74) is 8.84. The van der Waals surface area contributed by atoms with Gasteiger partial charge in [0.2, 0.25) is 11.8 Å². The number of benzene rings is 1. The number of hydrogen-bond donors (Lipinski definition) is 4. The van der Waals surface area contributed by atoms with Crippen molar-refractivity contribution in [1.82, 2.24) is 26.1 Å². The number of primary amides is 1. The maximum absolute atomic E-state index is 12.5. The average molecular weight is 497 g/mol. The first kappa shape index (κ1) is 27.5. The average Bonchev–Trinajstić information content (AvgIpc) is 2.86. The van der Waals surface area contributed by atoms with E-state index in [4.69, 9.17) is 10.5 Å². The number of hydrazine groups is 1. The third-order valence-electron chi connectivity index (χ3n) is 4.62. The third kappa shape index (κ3) is 9.63. The molecule has 5 N–H and O–H groups in total. The van der Waals surface area contributed by atoms with E-state index in [1.807, 2.05) is 6.07 Å². The van der Waals surface area contributed by atoms with E-state index in [1.54, 1.807) is 42.6 Å². The highest BCUT2D eigenvalue weighted by Gasteiger charge is 2.24. The van der Waals surface area contributed by atoms with Crippen molar-refractivity contribution in [3.05, 3.63) is 72.1 Å². The number of carbonyl (C=O) groups excluding carboxylic acids is 5. The molecule has 5 amide bonds. The monoisotopic (exact) mass is 496 g/mol. The molecule has 190 valence electrons. The first-order chi connectivity index (χ1) is 17.2. The second-order valence-corrected chi connectivity index (χ2v) is 7.64. The standard InChI is InChI=1S/C24H28N6O6/c1-16(28-24(35)36-15-19-7-4-3-5-8-19)22(33)27-17(2)23(34)29-30(14-20(25)31)21(32)11-10-18-9-6-12-26-13-18/h3-13,16-17H,14-15H2,1-2H3,(H2,25,31)(H,27,33)(H,28,35)(H,29,34)/b11-10+. The third-order valence-corrected chi connectivity index (χ3v) is 4.62. The molecule has 0 fully saturated rings. The first-order valence-corrected chi connectivity index (χ1v) is 10.9. The van der Waals surface area contributed by atoms with Gasteiger partial charge in [0.25, 0.3) is 11.8 Å². The number of nitrogens with two attached hydrogens (primary N) is 1. The number of nitrogens with one attached hydrogen (secondary N) is 3. The summed E-state index contributed by atoms with van der Waals surface area (Å²) in [6.07, 6.45) is 4.86. The van der Waals surface area contributed by atoms with Crippen LogP contribution in [0.3, 0.4) is 0 Å². The van der Waals surface area contributed by atoms with Gasteiger partial charge in [-0.15, -0.1) is 0 Å². The second-order valence-electron chi connectivity index (χ2n) is 7.64. The predicted molar refractivity (Wildman–Crippen MR) is 129 cm³/mol. The minimum Gasteiger partial charge on any atom is -0.445 e. The molecule has 0 radical (unpaired) electrons. The summed E-state index contributed by atoms with van der Waals surface area (Å²) in [6.45, 7) is 2.22. The number of amides is 5. The molecular formula is C24H28N6O6. The molecule has 12 nitrogen and oxygen atoms in total. The fraction of sp³-hybridized carbons (Fsp3) is 0.250. The molecule has 1 aromatic heterocycles. The summed E-state index contributed by atoms with van der Waals surface area (Å²) in [4.78, 5) is 64.6. The van der Waals surface area contributed by atoms with Crippen LogP contribution in [-0.2, 0) is 30.5 Å². The molecule has 12 heteroatoms. The largest absolute Gasteiger partial charge is 0.445 e. The summed E-state index contributed by atoms with van der Waals surface area (Å²) in [5.74, 6) is -3.03. The molecule has 0 aliphatic rings. The van der Waals surface area contributed by atoms with Crippen LogP contribution in [0.25, 0.3) is 6.08 Å². The minimum atomic E-state index is -1.12. The van der Waals surface area contributed by atoms with Crippen LogP contribution >= 0.6 is 0 Å². The van der Waals surface area contributed by atoms with Crippen molar-refractivity contribution in [2.75, 3.05) is 6.54 Å². The Morgan fingerprint density at radius 2 is 1.69 bits per heavy atom. The van der Waals surface area contributed by atoms with E-state index in [0.717, 1.165) is 16.6 Å². The molecule has 0 saturated heterocycles. The van der Waals surface area contributed by atoms with Gasteiger partial charge in [-0.25, -0.2) is 9.80 Å².